The minimum atomic E-state index is -0.433. The number of pyridine rings is 1. The second-order valence-electron chi connectivity index (χ2n) is 11.4. The Kier molecular flexibility index (Phi) is 4.59. The Labute approximate surface area is 203 Å². The molecule has 4 aliphatic carbocycles. The van der Waals surface area contributed by atoms with Gasteiger partial charge in [0, 0.05) is 25.8 Å². The maximum atomic E-state index is 13.2. The van der Waals surface area contributed by atoms with Gasteiger partial charge in [0.15, 0.2) is 0 Å². The van der Waals surface area contributed by atoms with Crippen LogP contribution in [0.1, 0.15) is 53.1 Å². The Morgan fingerprint density at radius 1 is 1.09 bits per heavy atom. The molecular formula is C26H31N5O4. The summed E-state index contributed by atoms with van der Waals surface area (Å²) in [5.74, 6) is 2.05. The number of carbonyl (C=O) groups is 3. The molecule has 2 N–H and O–H groups in total. The normalized spacial score (nSPS) is 34.2. The lowest BCUT2D eigenvalue weighted by Gasteiger charge is -2.36. The van der Waals surface area contributed by atoms with E-state index in [9.17, 15) is 14.4 Å². The average molecular weight is 478 g/mol. The van der Waals surface area contributed by atoms with E-state index in [1.807, 2.05) is 0 Å². The molecule has 3 amide bonds. The first-order chi connectivity index (χ1) is 17.0. The minimum Gasteiger partial charge on any atom is -0.378 e. The molecule has 7 rings (SSSR count). The third-order valence-corrected chi connectivity index (χ3v) is 9.36. The summed E-state index contributed by atoms with van der Waals surface area (Å²) in [7, 11) is 0. The second kappa shape index (κ2) is 7.53. The molecule has 9 nitrogen and oxygen atoms in total. The monoisotopic (exact) mass is 477 g/mol. The van der Waals surface area contributed by atoms with Crippen LogP contribution >= 0.6 is 0 Å². The van der Waals surface area contributed by atoms with Gasteiger partial charge in [0.2, 0.25) is 5.91 Å². The number of rotatable bonds is 6. The number of hydrogen-bond acceptors (Lipinski definition) is 5. The lowest BCUT2D eigenvalue weighted by Crippen LogP contribution is -2.45. The third-order valence-electron chi connectivity index (χ3n) is 9.36. The summed E-state index contributed by atoms with van der Waals surface area (Å²) in [6.07, 6.45) is 8.22. The van der Waals surface area contributed by atoms with Crippen molar-refractivity contribution >= 4 is 23.4 Å². The van der Waals surface area contributed by atoms with E-state index in [4.69, 9.17) is 4.74 Å². The van der Waals surface area contributed by atoms with Crippen LogP contribution in [0.15, 0.2) is 24.4 Å². The number of nitrogens with zero attached hydrogens (tertiary/aromatic N) is 3. The zero-order valence-corrected chi connectivity index (χ0v) is 19.8. The fourth-order valence-electron chi connectivity index (χ4n) is 7.70. The number of amides is 3. The summed E-state index contributed by atoms with van der Waals surface area (Å²) in [6, 6.07) is 5.32. The first-order valence-corrected chi connectivity index (χ1v) is 12.9. The molecule has 4 saturated carbocycles. The number of aromatic nitrogens is 2. The van der Waals surface area contributed by atoms with Gasteiger partial charge in [0.1, 0.15) is 17.0 Å². The molecule has 2 bridgehead atoms. The summed E-state index contributed by atoms with van der Waals surface area (Å²) in [6.45, 7) is 2.74. The van der Waals surface area contributed by atoms with Crippen molar-refractivity contribution in [2.75, 3.05) is 39.4 Å². The SMILES string of the molecule is O=C(NCC(=O)N1CCOCC1)c1cn2c(C(=O)NCC34CC5C[C@@H]5C5(CC5C3)C4)cccc2n1. The minimum absolute atomic E-state index is 0.0908. The number of fused-ring (bicyclic) bond motifs is 3. The van der Waals surface area contributed by atoms with Crippen LogP contribution in [0.5, 0.6) is 0 Å². The van der Waals surface area contributed by atoms with Crippen LogP contribution in [0, 0.1) is 28.6 Å². The van der Waals surface area contributed by atoms with Crippen LogP contribution in [0.4, 0.5) is 0 Å². The highest BCUT2D eigenvalue weighted by Crippen LogP contribution is 2.83. The number of nitrogens with one attached hydrogen (secondary N) is 2. The van der Waals surface area contributed by atoms with Crippen LogP contribution in [0.3, 0.4) is 0 Å². The second-order valence-corrected chi connectivity index (χ2v) is 11.4. The van der Waals surface area contributed by atoms with Crippen molar-refractivity contribution in [2.45, 2.75) is 32.1 Å². The molecule has 0 radical (unpaired) electrons. The molecule has 5 atom stereocenters. The molecule has 5 aliphatic rings. The van der Waals surface area contributed by atoms with Crippen molar-refractivity contribution in [3.63, 3.8) is 0 Å². The molecule has 9 heteroatoms. The summed E-state index contributed by atoms with van der Waals surface area (Å²) >= 11 is 0. The summed E-state index contributed by atoms with van der Waals surface area (Å²) in [4.78, 5) is 44.3. The lowest BCUT2D eigenvalue weighted by atomic mass is 9.71. The molecular weight excluding hydrogens is 446 g/mol. The van der Waals surface area contributed by atoms with Crippen LogP contribution in [-0.4, -0.2) is 71.4 Å². The first-order valence-electron chi connectivity index (χ1n) is 12.9. The van der Waals surface area contributed by atoms with Gasteiger partial charge in [-0.3, -0.25) is 18.8 Å². The standard InChI is InChI=1S/C26H31N5O4/c32-22(30-4-6-35-7-5-30)12-27-23(33)19-13-31-20(2-1-3-21(31)29-19)24(34)28-15-25-9-16-8-18(16)26(14-25)11-17(26)10-25/h1-3,13,16-18H,4-12,14-15H2,(H,27,33)(H,28,34)/t16?,17?,18-,25?,26?/m0/s1. The topological polar surface area (TPSA) is 105 Å². The van der Waals surface area contributed by atoms with E-state index in [2.05, 4.69) is 15.6 Å². The Bertz CT molecular complexity index is 1230. The fourth-order valence-corrected chi connectivity index (χ4v) is 7.70. The Morgan fingerprint density at radius 2 is 1.94 bits per heavy atom. The summed E-state index contributed by atoms with van der Waals surface area (Å²) < 4.78 is 6.92. The molecule has 3 heterocycles. The number of morpholine rings is 1. The highest BCUT2D eigenvalue weighted by Gasteiger charge is 2.76. The van der Waals surface area contributed by atoms with Crippen molar-refractivity contribution in [3.8, 4) is 0 Å². The molecule has 2 aromatic rings. The summed E-state index contributed by atoms with van der Waals surface area (Å²) in [5.41, 5.74) is 2.08. The van der Waals surface area contributed by atoms with E-state index in [-0.39, 0.29) is 29.5 Å². The number of imidazole rings is 1. The number of carbonyl (C=O) groups excluding carboxylic acids is 3. The van der Waals surface area contributed by atoms with Crippen molar-refractivity contribution in [2.24, 2.45) is 28.6 Å². The maximum absolute atomic E-state index is 13.2. The molecule has 1 spiro atoms. The van der Waals surface area contributed by atoms with Crippen molar-refractivity contribution < 1.29 is 19.1 Å². The largest absolute Gasteiger partial charge is 0.378 e. The van der Waals surface area contributed by atoms with Crippen LogP contribution in [0.2, 0.25) is 0 Å². The predicted molar refractivity (Wildman–Crippen MR) is 126 cm³/mol. The van der Waals surface area contributed by atoms with E-state index in [1.54, 1.807) is 33.7 Å². The molecule has 2 aromatic heterocycles. The van der Waals surface area contributed by atoms with Crippen molar-refractivity contribution in [1.29, 1.82) is 0 Å². The van der Waals surface area contributed by atoms with E-state index >= 15 is 0 Å². The van der Waals surface area contributed by atoms with Gasteiger partial charge < -0.3 is 20.3 Å². The van der Waals surface area contributed by atoms with Crippen molar-refractivity contribution in [3.05, 3.63) is 35.8 Å². The van der Waals surface area contributed by atoms with Crippen molar-refractivity contribution in [1.82, 2.24) is 24.9 Å². The number of hydrogen-bond donors (Lipinski definition) is 2. The van der Waals surface area contributed by atoms with Gasteiger partial charge in [-0.25, -0.2) is 4.98 Å². The van der Waals surface area contributed by atoms with Crippen LogP contribution in [-0.2, 0) is 9.53 Å². The zero-order valence-electron chi connectivity index (χ0n) is 19.8. The molecule has 1 saturated heterocycles. The first kappa shape index (κ1) is 21.4. The molecule has 35 heavy (non-hydrogen) atoms. The van der Waals surface area contributed by atoms with Gasteiger partial charge in [-0.2, -0.15) is 0 Å². The van der Waals surface area contributed by atoms with Gasteiger partial charge in [0.25, 0.3) is 11.8 Å². The quantitative estimate of drug-likeness (QED) is 0.656. The zero-order chi connectivity index (χ0) is 23.8. The molecule has 5 fully saturated rings. The van der Waals surface area contributed by atoms with E-state index < -0.39 is 5.91 Å². The molecule has 1 aliphatic heterocycles. The summed E-state index contributed by atoms with van der Waals surface area (Å²) in [5, 5.41) is 5.88. The maximum Gasteiger partial charge on any atom is 0.271 e. The van der Waals surface area contributed by atoms with E-state index in [0.717, 1.165) is 24.3 Å². The molecule has 4 unspecified atom stereocenters. The smallest absolute Gasteiger partial charge is 0.271 e. The molecule has 0 aromatic carbocycles. The van der Waals surface area contributed by atoms with Gasteiger partial charge in [-0.05, 0) is 72.8 Å². The predicted octanol–water partition coefficient (Wildman–Crippen LogP) is 1.48. The lowest BCUT2D eigenvalue weighted by molar-refractivity contribution is -0.134. The Hall–Kier alpha value is -2.94. The average Bonchev–Trinajstić information content (AvgIpc) is 3.71. The van der Waals surface area contributed by atoms with Crippen LogP contribution in [0.25, 0.3) is 5.65 Å². The Morgan fingerprint density at radius 3 is 2.80 bits per heavy atom. The molecule has 184 valence electrons. The van der Waals surface area contributed by atoms with Crippen LogP contribution < -0.4 is 10.6 Å². The van der Waals surface area contributed by atoms with Gasteiger partial charge in [-0.15, -0.1) is 0 Å². The number of ether oxygens (including phenoxy) is 1. The van der Waals surface area contributed by atoms with Gasteiger partial charge in [0.05, 0.1) is 19.8 Å². The third kappa shape index (κ3) is 3.46. The highest BCUT2D eigenvalue weighted by molar-refractivity contribution is 5.97. The fraction of sp³-hybridized carbons (Fsp3) is 0.615. The van der Waals surface area contributed by atoms with Gasteiger partial charge >= 0.3 is 0 Å². The van der Waals surface area contributed by atoms with E-state index in [1.165, 1.54) is 32.1 Å². The van der Waals surface area contributed by atoms with Gasteiger partial charge in [-0.1, -0.05) is 6.07 Å². The Balaban J connectivity index is 1.02. The highest BCUT2D eigenvalue weighted by atomic mass is 16.5. The van der Waals surface area contributed by atoms with E-state index in [0.29, 0.717) is 43.1 Å².